The standard InChI is InChI=1S/C32H17N5S/c1-2-10-24-20(7-1)26-31-25(21-8-4-15-34-29(21)32(26)38-24)30-23(9-5-16-35-30)37(31)22-13-17-36-28-19(22)12-11-18-6-3-14-33-27(18)28/h1-17H. The molecule has 0 amide bonds. The van der Waals surface area contributed by atoms with Crippen LogP contribution in [-0.4, -0.2) is 24.5 Å². The van der Waals surface area contributed by atoms with E-state index in [4.69, 9.17) is 15.0 Å². The van der Waals surface area contributed by atoms with Gasteiger partial charge < -0.3 is 4.57 Å². The summed E-state index contributed by atoms with van der Waals surface area (Å²) >= 11 is 1.81. The van der Waals surface area contributed by atoms with Crippen molar-refractivity contribution >= 4 is 86.2 Å². The van der Waals surface area contributed by atoms with E-state index in [0.717, 1.165) is 60.3 Å². The number of hydrogen-bond acceptors (Lipinski definition) is 5. The van der Waals surface area contributed by atoms with Gasteiger partial charge in [0.25, 0.3) is 0 Å². The number of rotatable bonds is 1. The van der Waals surface area contributed by atoms with Crippen molar-refractivity contribution in [3.8, 4) is 5.69 Å². The van der Waals surface area contributed by atoms with Crippen molar-refractivity contribution in [3.05, 3.63) is 104 Å². The second kappa shape index (κ2) is 7.31. The fraction of sp³-hybridized carbons (Fsp3) is 0. The quantitative estimate of drug-likeness (QED) is 0.212. The summed E-state index contributed by atoms with van der Waals surface area (Å²) in [6.07, 6.45) is 7.50. The number of aromatic nitrogens is 5. The molecule has 0 spiro atoms. The molecular weight excluding hydrogens is 486 g/mol. The minimum absolute atomic E-state index is 0.897. The Balaban J connectivity index is 1.60. The summed E-state index contributed by atoms with van der Waals surface area (Å²) in [5, 5.41) is 6.84. The molecule has 3 aromatic carbocycles. The molecule has 0 unspecified atom stereocenters. The maximum Gasteiger partial charge on any atom is 0.0985 e. The number of thiophene rings is 1. The zero-order valence-corrected chi connectivity index (χ0v) is 20.8. The van der Waals surface area contributed by atoms with Crippen molar-refractivity contribution in [2.75, 3.05) is 0 Å². The van der Waals surface area contributed by atoms with E-state index in [0.29, 0.717) is 0 Å². The largest absolute Gasteiger partial charge is 0.306 e. The predicted octanol–water partition coefficient (Wildman–Crippen LogP) is 8.19. The fourth-order valence-electron chi connectivity index (χ4n) is 6.03. The lowest BCUT2D eigenvalue weighted by atomic mass is 10.0. The Morgan fingerprint density at radius 1 is 0.526 bits per heavy atom. The number of pyridine rings is 4. The molecular formula is C32H17N5S. The van der Waals surface area contributed by atoms with Gasteiger partial charge in [-0.2, -0.15) is 0 Å². The molecule has 0 radical (unpaired) electrons. The topological polar surface area (TPSA) is 56.5 Å². The van der Waals surface area contributed by atoms with E-state index >= 15 is 0 Å². The molecule has 38 heavy (non-hydrogen) atoms. The Labute approximate surface area is 219 Å². The monoisotopic (exact) mass is 503 g/mol. The highest BCUT2D eigenvalue weighted by molar-refractivity contribution is 7.26. The van der Waals surface area contributed by atoms with E-state index in [-0.39, 0.29) is 0 Å². The van der Waals surface area contributed by atoms with Crippen LogP contribution in [0.4, 0.5) is 0 Å². The van der Waals surface area contributed by atoms with Gasteiger partial charge in [0.05, 0.1) is 43.5 Å². The summed E-state index contributed by atoms with van der Waals surface area (Å²) in [7, 11) is 0. The SMILES string of the molecule is c1cnc2c(c1)ccc1c(-n3c4cccnc4c4c5cccnc5c5sc6ccccc6c5c43)ccnc12. The number of benzene rings is 3. The lowest BCUT2D eigenvalue weighted by Gasteiger charge is -2.13. The van der Waals surface area contributed by atoms with Crippen LogP contribution in [0.5, 0.6) is 0 Å². The number of nitrogens with zero attached hydrogens (tertiary/aromatic N) is 5. The van der Waals surface area contributed by atoms with Crippen LogP contribution in [0.2, 0.25) is 0 Å². The Morgan fingerprint density at radius 3 is 2.24 bits per heavy atom. The molecule has 0 aliphatic rings. The summed E-state index contributed by atoms with van der Waals surface area (Å²) in [4.78, 5) is 19.3. The van der Waals surface area contributed by atoms with Crippen molar-refractivity contribution < 1.29 is 0 Å². The van der Waals surface area contributed by atoms with Crippen LogP contribution >= 0.6 is 11.3 Å². The van der Waals surface area contributed by atoms with Gasteiger partial charge in [0.1, 0.15) is 0 Å². The van der Waals surface area contributed by atoms with Crippen LogP contribution < -0.4 is 0 Å². The molecule has 0 saturated heterocycles. The Hall–Kier alpha value is -4.94. The van der Waals surface area contributed by atoms with Crippen molar-refractivity contribution in [1.29, 1.82) is 0 Å². The van der Waals surface area contributed by atoms with E-state index in [9.17, 15) is 0 Å². The first-order valence-corrected chi connectivity index (χ1v) is 13.3. The smallest absolute Gasteiger partial charge is 0.0985 e. The highest BCUT2D eigenvalue weighted by Crippen LogP contribution is 2.47. The third-order valence-corrected chi connectivity index (χ3v) is 8.73. The predicted molar refractivity (Wildman–Crippen MR) is 157 cm³/mol. The summed E-state index contributed by atoms with van der Waals surface area (Å²) < 4.78 is 4.83. The molecule has 6 heterocycles. The molecule has 0 aliphatic carbocycles. The molecule has 5 nitrogen and oxygen atoms in total. The van der Waals surface area contributed by atoms with Crippen LogP contribution in [0.15, 0.2) is 104 Å². The first-order valence-electron chi connectivity index (χ1n) is 12.5. The summed E-state index contributed by atoms with van der Waals surface area (Å²) in [5.41, 5.74) is 7.08. The molecule has 0 N–H and O–H groups in total. The Morgan fingerprint density at radius 2 is 1.29 bits per heavy atom. The third-order valence-electron chi connectivity index (χ3n) is 7.55. The molecule has 9 aromatic rings. The van der Waals surface area contributed by atoms with E-state index in [1.807, 2.05) is 43.0 Å². The van der Waals surface area contributed by atoms with Gasteiger partial charge in [0.2, 0.25) is 0 Å². The lowest BCUT2D eigenvalue weighted by Crippen LogP contribution is -1.98. The van der Waals surface area contributed by atoms with Gasteiger partial charge in [-0.05, 0) is 42.5 Å². The Kier molecular flexibility index (Phi) is 3.88. The molecule has 0 bridgehead atoms. The average molecular weight is 504 g/mol. The third kappa shape index (κ3) is 2.50. The molecule has 0 aliphatic heterocycles. The molecule has 9 rings (SSSR count). The van der Waals surface area contributed by atoms with E-state index < -0.39 is 0 Å². The van der Waals surface area contributed by atoms with Crippen LogP contribution in [-0.2, 0) is 0 Å². The molecule has 6 aromatic heterocycles. The van der Waals surface area contributed by atoms with Gasteiger partial charge in [-0.3, -0.25) is 19.9 Å². The molecule has 0 fully saturated rings. The van der Waals surface area contributed by atoms with Crippen molar-refractivity contribution in [3.63, 3.8) is 0 Å². The van der Waals surface area contributed by atoms with Crippen LogP contribution in [0.25, 0.3) is 80.5 Å². The fourth-order valence-corrected chi connectivity index (χ4v) is 7.24. The van der Waals surface area contributed by atoms with Crippen LogP contribution in [0.1, 0.15) is 0 Å². The zero-order chi connectivity index (χ0) is 24.8. The van der Waals surface area contributed by atoms with Gasteiger partial charge >= 0.3 is 0 Å². The first kappa shape index (κ1) is 20.2. The summed E-state index contributed by atoms with van der Waals surface area (Å²) in [6, 6.07) is 27.5. The lowest BCUT2D eigenvalue weighted by molar-refractivity contribution is 1.19. The highest BCUT2D eigenvalue weighted by Gasteiger charge is 2.23. The van der Waals surface area contributed by atoms with Crippen molar-refractivity contribution in [2.24, 2.45) is 0 Å². The van der Waals surface area contributed by atoms with E-state index in [2.05, 4.69) is 70.2 Å². The summed E-state index contributed by atoms with van der Waals surface area (Å²) in [5.74, 6) is 0. The number of hydrogen-bond donors (Lipinski definition) is 0. The van der Waals surface area contributed by atoms with E-state index in [1.165, 1.54) is 20.2 Å². The minimum atomic E-state index is 0.897. The molecule has 0 saturated carbocycles. The minimum Gasteiger partial charge on any atom is -0.306 e. The summed E-state index contributed by atoms with van der Waals surface area (Å²) in [6.45, 7) is 0. The van der Waals surface area contributed by atoms with Crippen molar-refractivity contribution in [1.82, 2.24) is 24.5 Å². The van der Waals surface area contributed by atoms with Gasteiger partial charge in [0, 0.05) is 61.8 Å². The normalized spacial score (nSPS) is 12.2. The maximum atomic E-state index is 4.93. The second-order valence-corrected chi connectivity index (χ2v) is 10.6. The van der Waals surface area contributed by atoms with Gasteiger partial charge in [-0.25, -0.2) is 0 Å². The highest BCUT2D eigenvalue weighted by atomic mass is 32.1. The average Bonchev–Trinajstić information content (AvgIpc) is 3.53. The molecule has 6 heteroatoms. The van der Waals surface area contributed by atoms with Crippen molar-refractivity contribution in [2.45, 2.75) is 0 Å². The van der Waals surface area contributed by atoms with Gasteiger partial charge in [0.15, 0.2) is 0 Å². The van der Waals surface area contributed by atoms with Gasteiger partial charge in [-0.15, -0.1) is 11.3 Å². The molecule has 0 atom stereocenters. The zero-order valence-electron chi connectivity index (χ0n) is 20.0. The van der Waals surface area contributed by atoms with E-state index in [1.54, 1.807) is 11.3 Å². The molecule has 176 valence electrons. The Bertz CT molecular complexity index is 2420. The number of fused-ring (bicyclic) bond motifs is 13. The van der Waals surface area contributed by atoms with Crippen LogP contribution in [0.3, 0.4) is 0 Å². The first-order chi connectivity index (χ1) is 18.9. The van der Waals surface area contributed by atoms with Crippen LogP contribution in [0, 0.1) is 0 Å². The second-order valence-electron chi connectivity index (χ2n) is 9.50. The maximum absolute atomic E-state index is 4.93. The van der Waals surface area contributed by atoms with Gasteiger partial charge in [-0.1, -0.05) is 36.4 Å².